The Labute approximate surface area is 103 Å². The highest BCUT2D eigenvalue weighted by atomic mass is 16.6. The fraction of sp³-hybridized carbons (Fsp3) is 0.917. The lowest BCUT2D eigenvalue weighted by Gasteiger charge is -2.37. The molecule has 0 saturated carbocycles. The van der Waals surface area contributed by atoms with Gasteiger partial charge in [-0.25, -0.2) is 4.79 Å². The molecule has 100 valence electrons. The Bertz CT molecular complexity index is 251. The van der Waals surface area contributed by atoms with Crippen molar-refractivity contribution in [3.05, 3.63) is 0 Å². The number of ether oxygens (including phenoxy) is 2. The number of hydrogen-bond donors (Lipinski definition) is 1. The van der Waals surface area contributed by atoms with E-state index in [0.29, 0.717) is 13.2 Å². The Kier molecular flexibility index (Phi) is 5.21. The van der Waals surface area contributed by atoms with E-state index in [9.17, 15) is 4.79 Å². The van der Waals surface area contributed by atoms with Crippen molar-refractivity contribution < 1.29 is 14.3 Å². The number of piperazine rings is 1. The van der Waals surface area contributed by atoms with Crippen LogP contribution in [0.2, 0.25) is 0 Å². The SMILES string of the molecule is COCCC1CNCCN1C(=O)OC(C)(C)C. The number of rotatable bonds is 3. The Hall–Kier alpha value is -0.810. The molecule has 5 nitrogen and oxygen atoms in total. The first kappa shape index (κ1) is 14.3. The Morgan fingerprint density at radius 2 is 2.18 bits per heavy atom. The smallest absolute Gasteiger partial charge is 0.410 e. The molecule has 1 saturated heterocycles. The third-order valence-corrected chi connectivity index (χ3v) is 2.63. The van der Waals surface area contributed by atoms with Crippen molar-refractivity contribution >= 4 is 6.09 Å². The predicted octanol–water partition coefficient (Wildman–Crippen LogP) is 1.23. The van der Waals surface area contributed by atoms with Crippen molar-refractivity contribution in [2.24, 2.45) is 0 Å². The number of carbonyl (C=O) groups excluding carboxylic acids is 1. The second-order valence-corrected chi connectivity index (χ2v) is 5.31. The van der Waals surface area contributed by atoms with Gasteiger partial charge >= 0.3 is 6.09 Å². The van der Waals surface area contributed by atoms with Crippen LogP contribution < -0.4 is 5.32 Å². The zero-order chi connectivity index (χ0) is 12.9. The molecule has 0 bridgehead atoms. The fourth-order valence-electron chi connectivity index (χ4n) is 1.83. The van der Waals surface area contributed by atoms with Gasteiger partial charge in [-0.3, -0.25) is 0 Å². The standard InChI is InChI=1S/C12H24N2O3/c1-12(2,3)17-11(15)14-7-6-13-9-10(14)5-8-16-4/h10,13H,5-9H2,1-4H3. The maximum atomic E-state index is 12.0. The van der Waals surface area contributed by atoms with Crippen LogP contribution in [0.5, 0.6) is 0 Å². The minimum absolute atomic E-state index is 0.165. The summed E-state index contributed by atoms with van der Waals surface area (Å²) in [6.07, 6.45) is 0.614. The molecule has 0 radical (unpaired) electrons. The molecule has 0 spiro atoms. The predicted molar refractivity (Wildman–Crippen MR) is 66.1 cm³/mol. The summed E-state index contributed by atoms with van der Waals surface area (Å²) in [5.74, 6) is 0. The van der Waals surface area contributed by atoms with Crippen LogP contribution in [-0.2, 0) is 9.47 Å². The van der Waals surface area contributed by atoms with Crippen LogP contribution in [0.3, 0.4) is 0 Å². The van der Waals surface area contributed by atoms with E-state index in [1.807, 2.05) is 20.8 Å². The summed E-state index contributed by atoms with van der Waals surface area (Å²) in [7, 11) is 1.67. The number of carbonyl (C=O) groups is 1. The molecule has 0 aliphatic carbocycles. The van der Waals surface area contributed by atoms with Crippen LogP contribution in [0.1, 0.15) is 27.2 Å². The Morgan fingerprint density at radius 1 is 1.47 bits per heavy atom. The highest BCUT2D eigenvalue weighted by Gasteiger charge is 2.29. The largest absolute Gasteiger partial charge is 0.444 e. The van der Waals surface area contributed by atoms with Crippen molar-refractivity contribution in [2.75, 3.05) is 33.4 Å². The molecular formula is C12H24N2O3. The van der Waals surface area contributed by atoms with E-state index in [1.54, 1.807) is 12.0 Å². The summed E-state index contributed by atoms with van der Waals surface area (Å²) in [5, 5.41) is 3.29. The van der Waals surface area contributed by atoms with Crippen LogP contribution in [-0.4, -0.2) is 56.0 Å². The first-order valence-electron chi connectivity index (χ1n) is 6.13. The van der Waals surface area contributed by atoms with Crippen LogP contribution in [0, 0.1) is 0 Å². The lowest BCUT2D eigenvalue weighted by molar-refractivity contribution is 0.00846. The molecule has 0 aromatic rings. The van der Waals surface area contributed by atoms with Gasteiger partial charge < -0.3 is 19.7 Å². The van der Waals surface area contributed by atoms with Crippen molar-refractivity contribution in [1.82, 2.24) is 10.2 Å². The molecule has 1 heterocycles. The van der Waals surface area contributed by atoms with Gasteiger partial charge in [-0.15, -0.1) is 0 Å². The Balaban J connectivity index is 2.54. The van der Waals surface area contributed by atoms with Gasteiger partial charge in [0.15, 0.2) is 0 Å². The van der Waals surface area contributed by atoms with E-state index in [0.717, 1.165) is 19.5 Å². The molecule has 0 aromatic carbocycles. The highest BCUT2D eigenvalue weighted by molar-refractivity contribution is 5.68. The quantitative estimate of drug-likeness (QED) is 0.811. The van der Waals surface area contributed by atoms with Crippen molar-refractivity contribution in [1.29, 1.82) is 0 Å². The lowest BCUT2D eigenvalue weighted by atomic mass is 10.1. The third kappa shape index (κ3) is 4.91. The second-order valence-electron chi connectivity index (χ2n) is 5.31. The maximum absolute atomic E-state index is 12.0. The number of amides is 1. The molecule has 1 N–H and O–H groups in total. The number of methoxy groups -OCH3 is 1. The monoisotopic (exact) mass is 244 g/mol. The number of hydrogen-bond acceptors (Lipinski definition) is 4. The zero-order valence-electron chi connectivity index (χ0n) is 11.3. The Morgan fingerprint density at radius 3 is 2.76 bits per heavy atom. The highest BCUT2D eigenvalue weighted by Crippen LogP contribution is 2.14. The van der Waals surface area contributed by atoms with Gasteiger partial charge in [0, 0.05) is 39.4 Å². The molecule has 1 aliphatic rings. The van der Waals surface area contributed by atoms with E-state index in [1.165, 1.54) is 0 Å². The van der Waals surface area contributed by atoms with Crippen molar-refractivity contribution in [3.63, 3.8) is 0 Å². The average molecular weight is 244 g/mol. The molecule has 5 heteroatoms. The maximum Gasteiger partial charge on any atom is 0.410 e. The van der Waals surface area contributed by atoms with E-state index in [4.69, 9.17) is 9.47 Å². The molecule has 1 rings (SSSR count). The first-order chi connectivity index (χ1) is 7.94. The molecule has 1 aliphatic heterocycles. The first-order valence-corrected chi connectivity index (χ1v) is 6.13. The minimum atomic E-state index is -0.437. The summed E-state index contributed by atoms with van der Waals surface area (Å²) in [5.41, 5.74) is -0.437. The van der Waals surface area contributed by atoms with E-state index in [-0.39, 0.29) is 12.1 Å². The van der Waals surface area contributed by atoms with Gasteiger partial charge in [-0.05, 0) is 27.2 Å². The second kappa shape index (κ2) is 6.21. The fourth-order valence-corrected chi connectivity index (χ4v) is 1.83. The van der Waals surface area contributed by atoms with Gasteiger partial charge in [0.25, 0.3) is 0 Å². The number of nitrogens with one attached hydrogen (secondary N) is 1. The minimum Gasteiger partial charge on any atom is -0.444 e. The van der Waals surface area contributed by atoms with Crippen LogP contribution in [0.25, 0.3) is 0 Å². The van der Waals surface area contributed by atoms with E-state index in [2.05, 4.69) is 5.32 Å². The van der Waals surface area contributed by atoms with Crippen molar-refractivity contribution in [3.8, 4) is 0 Å². The molecule has 17 heavy (non-hydrogen) atoms. The van der Waals surface area contributed by atoms with Crippen LogP contribution in [0.4, 0.5) is 4.79 Å². The van der Waals surface area contributed by atoms with Crippen LogP contribution in [0.15, 0.2) is 0 Å². The van der Waals surface area contributed by atoms with E-state index >= 15 is 0 Å². The van der Waals surface area contributed by atoms with Crippen molar-refractivity contribution in [2.45, 2.75) is 38.8 Å². The van der Waals surface area contributed by atoms with Gasteiger partial charge in [0.1, 0.15) is 5.60 Å². The molecule has 1 atom stereocenters. The van der Waals surface area contributed by atoms with E-state index < -0.39 is 5.60 Å². The number of nitrogens with zero attached hydrogens (tertiary/aromatic N) is 1. The summed E-state index contributed by atoms with van der Waals surface area (Å²) < 4.78 is 10.5. The van der Waals surface area contributed by atoms with Gasteiger partial charge in [0.05, 0.1) is 0 Å². The molecule has 1 fully saturated rings. The zero-order valence-corrected chi connectivity index (χ0v) is 11.3. The summed E-state index contributed by atoms with van der Waals surface area (Å²) >= 11 is 0. The third-order valence-electron chi connectivity index (χ3n) is 2.63. The molecule has 0 aromatic heterocycles. The summed E-state index contributed by atoms with van der Waals surface area (Å²) in [4.78, 5) is 13.8. The molecular weight excluding hydrogens is 220 g/mol. The van der Waals surface area contributed by atoms with Gasteiger partial charge in [-0.2, -0.15) is 0 Å². The molecule has 1 amide bonds. The van der Waals surface area contributed by atoms with Gasteiger partial charge in [-0.1, -0.05) is 0 Å². The summed E-state index contributed by atoms with van der Waals surface area (Å²) in [6.45, 7) is 8.64. The van der Waals surface area contributed by atoms with Gasteiger partial charge in [0.2, 0.25) is 0 Å². The van der Waals surface area contributed by atoms with Crippen LogP contribution >= 0.6 is 0 Å². The average Bonchev–Trinajstić information content (AvgIpc) is 2.24. The normalized spacial score (nSPS) is 21.4. The lowest BCUT2D eigenvalue weighted by Crippen LogP contribution is -2.55. The topological polar surface area (TPSA) is 50.8 Å². The summed E-state index contributed by atoms with van der Waals surface area (Å²) in [6, 6.07) is 0.165. The molecule has 1 unspecified atom stereocenters.